The zero-order valence-electron chi connectivity index (χ0n) is 10.3. The van der Waals surface area contributed by atoms with Crippen LogP contribution in [0.5, 0.6) is 0 Å². The van der Waals surface area contributed by atoms with Gasteiger partial charge in [0, 0.05) is 6.07 Å². The lowest BCUT2D eigenvalue weighted by molar-refractivity contribution is 0.209. The summed E-state index contributed by atoms with van der Waals surface area (Å²) in [5, 5.41) is 15.6. The van der Waals surface area contributed by atoms with Crippen molar-refractivity contribution >= 4 is 11.9 Å². The highest BCUT2D eigenvalue weighted by Gasteiger charge is 2.13. The molecule has 0 saturated carbocycles. The zero-order chi connectivity index (χ0) is 13.1. The maximum Gasteiger partial charge on any atom is 0.410 e. The van der Waals surface area contributed by atoms with Crippen LogP contribution in [0.1, 0.15) is 25.5 Å². The molecule has 0 fully saturated rings. The van der Waals surface area contributed by atoms with Gasteiger partial charge in [0.1, 0.15) is 5.82 Å². The summed E-state index contributed by atoms with van der Waals surface area (Å²) in [6.07, 6.45) is -1.10. The molecule has 18 heavy (non-hydrogen) atoms. The molecule has 1 aromatic carbocycles. The number of carbonyl (C=O) groups is 1. The Bertz CT molecular complexity index is 547. The van der Waals surface area contributed by atoms with Crippen LogP contribution in [0.3, 0.4) is 0 Å². The van der Waals surface area contributed by atoms with Gasteiger partial charge in [-0.1, -0.05) is 32.0 Å². The number of nitrogens with one attached hydrogen (secondary N) is 1. The average Bonchev–Trinajstić information content (AvgIpc) is 2.73. The number of para-hydroxylation sites is 1. The van der Waals surface area contributed by atoms with Gasteiger partial charge in [-0.15, -0.1) is 0 Å². The number of hydrogen-bond donors (Lipinski definition) is 2. The van der Waals surface area contributed by atoms with E-state index in [2.05, 4.69) is 10.4 Å². The molecule has 0 aliphatic rings. The maximum absolute atomic E-state index is 10.8. The fourth-order valence-electron chi connectivity index (χ4n) is 1.65. The Morgan fingerprint density at radius 3 is 2.56 bits per heavy atom. The Labute approximate surface area is 105 Å². The molecule has 0 atom stereocenters. The van der Waals surface area contributed by atoms with Gasteiger partial charge in [0.2, 0.25) is 0 Å². The smallest absolute Gasteiger partial charge is 0.410 e. The number of hydrogen-bond acceptors (Lipinski definition) is 2. The van der Waals surface area contributed by atoms with Crippen LogP contribution in [0, 0.1) is 0 Å². The lowest BCUT2D eigenvalue weighted by atomic mass is 10.1. The van der Waals surface area contributed by atoms with Crippen molar-refractivity contribution in [3.63, 3.8) is 0 Å². The van der Waals surface area contributed by atoms with E-state index >= 15 is 0 Å². The Morgan fingerprint density at radius 2 is 2.00 bits per heavy atom. The van der Waals surface area contributed by atoms with Gasteiger partial charge in [-0.25, -0.2) is 9.48 Å². The number of aromatic nitrogens is 2. The van der Waals surface area contributed by atoms with Gasteiger partial charge < -0.3 is 5.11 Å². The predicted octanol–water partition coefficient (Wildman–Crippen LogP) is 3.09. The van der Waals surface area contributed by atoms with Crippen molar-refractivity contribution < 1.29 is 9.90 Å². The molecule has 0 spiro atoms. The third-order valence-corrected chi connectivity index (χ3v) is 2.56. The molecule has 5 nitrogen and oxygen atoms in total. The minimum absolute atomic E-state index is 0.240. The minimum Gasteiger partial charge on any atom is -0.465 e. The number of amides is 1. The molecule has 0 radical (unpaired) electrons. The second-order valence-corrected chi connectivity index (χ2v) is 4.29. The first kappa shape index (κ1) is 12.2. The molecule has 94 valence electrons. The van der Waals surface area contributed by atoms with E-state index in [1.54, 1.807) is 10.7 Å². The normalized spacial score (nSPS) is 10.6. The second kappa shape index (κ2) is 4.91. The summed E-state index contributed by atoms with van der Waals surface area (Å²) < 4.78 is 1.60. The summed E-state index contributed by atoms with van der Waals surface area (Å²) >= 11 is 0. The molecule has 1 heterocycles. The Morgan fingerprint density at radius 1 is 1.33 bits per heavy atom. The molecule has 1 amide bonds. The van der Waals surface area contributed by atoms with E-state index in [4.69, 9.17) is 5.11 Å². The van der Waals surface area contributed by atoms with Crippen molar-refractivity contribution in [2.24, 2.45) is 0 Å². The third kappa shape index (κ3) is 2.51. The summed E-state index contributed by atoms with van der Waals surface area (Å²) in [5.74, 6) is 0.696. The fourth-order valence-corrected chi connectivity index (χ4v) is 1.65. The van der Waals surface area contributed by atoms with Crippen molar-refractivity contribution in [1.29, 1.82) is 0 Å². The summed E-state index contributed by atoms with van der Waals surface area (Å²) in [6, 6.07) is 11.2. The van der Waals surface area contributed by atoms with Gasteiger partial charge >= 0.3 is 6.09 Å². The van der Waals surface area contributed by atoms with Crippen molar-refractivity contribution in [2.75, 3.05) is 5.32 Å². The molecular weight excluding hydrogens is 230 g/mol. The molecule has 0 aliphatic heterocycles. The lowest BCUT2D eigenvalue weighted by Crippen LogP contribution is -2.11. The molecule has 0 aliphatic carbocycles. The van der Waals surface area contributed by atoms with E-state index < -0.39 is 6.09 Å². The summed E-state index contributed by atoms with van der Waals surface area (Å²) in [5.41, 5.74) is 1.68. The number of benzene rings is 1. The molecule has 0 saturated heterocycles. The van der Waals surface area contributed by atoms with Gasteiger partial charge in [0.05, 0.1) is 11.4 Å². The van der Waals surface area contributed by atoms with E-state index in [0.717, 1.165) is 11.4 Å². The van der Waals surface area contributed by atoms with Crippen LogP contribution < -0.4 is 5.32 Å². The van der Waals surface area contributed by atoms with E-state index in [1.807, 2.05) is 44.2 Å². The van der Waals surface area contributed by atoms with Crippen LogP contribution >= 0.6 is 0 Å². The molecule has 5 heteroatoms. The van der Waals surface area contributed by atoms with Crippen molar-refractivity contribution in [2.45, 2.75) is 19.8 Å². The van der Waals surface area contributed by atoms with E-state index in [0.29, 0.717) is 5.82 Å². The van der Waals surface area contributed by atoms with Crippen LogP contribution in [0.15, 0.2) is 36.4 Å². The highest BCUT2D eigenvalue weighted by molar-refractivity contribution is 5.82. The fraction of sp³-hybridized carbons (Fsp3) is 0.231. The summed E-state index contributed by atoms with van der Waals surface area (Å²) in [6.45, 7) is 4.03. The highest BCUT2D eigenvalue weighted by atomic mass is 16.4. The van der Waals surface area contributed by atoms with Gasteiger partial charge in [0.25, 0.3) is 0 Å². The monoisotopic (exact) mass is 245 g/mol. The zero-order valence-corrected chi connectivity index (χ0v) is 10.3. The first-order valence-corrected chi connectivity index (χ1v) is 5.73. The van der Waals surface area contributed by atoms with Crippen molar-refractivity contribution in [1.82, 2.24) is 9.78 Å². The van der Waals surface area contributed by atoms with Gasteiger partial charge in [0.15, 0.2) is 0 Å². The average molecular weight is 245 g/mol. The molecule has 1 aromatic heterocycles. The molecule has 2 aromatic rings. The Hall–Kier alpha value is -2.30. The quantitative estimate of drug-likeness (QED) is 0.873. The van der Waals surface area contributed by atoms with Crippen molar-refractivity contribution in [3.05, 3.63) is 42.1 Å². The second-order valence-electron chi connectivity index (χ2n) is 4.29. The van der Waals surface area contributed by atoms with E-state index in [-0.39, 0.29) is 5.92 Å². The van der Waals surface area contributed by atoms with Gasteiger partial charge in [-0.3, -0.25) is 5.32 Å². The molecule has 2 N–H and O–H groups in total. The first-order valence-electron chi connectivity index (χ1n) is 5.73. The molecule has 0 unspecified atom stereocenters. The third-order valence-electron chi connectivity index (χ3n) is 2.56. The summed E-state index contributed by atoms with van der Waals surface area (Å²) in [4.78, 5) is 10.8. The highest BCUT2D eigenvalue weighted by Crippen LogP contribution is 2.21. The predicted molar refractivity (Wildman–Crippen MR) is 69.3 cm³/mol. The van der Waals surface area contributed by atoms with Crippen molar-refractivity contribution in [3.8, 4) is 5.69 Å². The molecular formula is C13H15N3O2. The summed E-state index contributed by atoms with van der Waals surface area (Å²) in [7, 11) is 0. The topological polar surface area (TPSA) is 67.2 Å². The van der Waals surface area contributed by atoms with Gasteiger partial charge in [-0.05, 0) is 18.1 Å². The Kier molecular flexibility index (Phi) is 3.32. The van der Waals surface area contributed by atoms with Crippen LogP contribution in [-0.4, -0.2) is 21.0 Å². The standard InChI is InChI=1S/C13H15N3O2/c1-9(2)11-8-12(14-13(17)18)16(15-11)10-6-4-3-5-7-10/h3-9,14H,1-2H3,(H,17,18). The number of nitrogens with zero attached hydrogens (tertiary/aromatic N) is 2. The Balaban J connectivity index is 2.47. The SMILES string of the molecule is CC(C)c1cc(NC(=O)O)n(-c2ccccc2)n1. The number of carboxylic acid groups (broad SMARTS) is 1. The van der Waals surface area contributed by atoms with Gasteiger partial charge in [-0.2, -0.15) is 5.10 Å². The van der Waals surface area contributed by atoms with E-state index in [9.17, 15) is 4.79 Å². The first-order chi connectivity index (χ1) is 8.58. The van der Waals surface area contributed by atoms with Crippen LogP contribution in [0.4, 0.5) is 10.6 Å². The largest absolute Gasteiger partial charge is 0.465 e. The molecule has 0 bridgehead atoms. The number of rotatable bonds is 3. The van der Waals surface area contributed by atoms with Crippen LogP contribution in [0.25, 0.3) is 5.69 Å². The minimum atomic E-state index is -1.10. The van der Waals surface area contributed by atoms with Crippen LogP contribution in [-0.2, 0) is 0 Å². The maximum atomic E-state index is 10.8. The number of anilines is 1. The molecule has 2 rings (SSSR count). The van der Waals surface area contributed by atoms with Crippen LogP contribution in [0.2, 0.25) is 0 Å². The van der Waals surface area contributed by atoms with E-state index in [1.165, 1.54) is 0 Å². The lowest BCUT2D eigenvalue weighted by Gasteiger charge is -2.06.